The van der Waals surface area contributed by atoms with E-state index in [4.69, 9.17) is 21.3 Å². The summed E-state index contributed by atoms with van der Waals surface area (Å²) in [7, 11) is -3.80. The smallest absolute Gasteiger partial charge is 0.255 e. The number of sulfonamides is 1. The second-order valence-electron chi connectivity index (χ2n) is 13.9. The molecule has 4 aromatic rings. The predicted octanol–water partition coefficient (Wildman–Crippen LogP) is 6.31. The van der Waals surface area contributed by atoms with Crippen LogP contribution in [0.4, 0.5) is 0 Å². The van der Waals surface area contributed by atoms with E-state index in [2.05, 4.69) is 57.5 Å². The van der Waals surface area contributed by atoms with Gasteiger partial charge in [-0.25, -0.2) is 18.1 Å². The number of carbonyl (C=O) groups is 1. The van der Waals surface area contributed by atoms with Crippen LogP contribution in [0.15, 0.2) is 77.7 Å². The molecule has 7 rings (SSSR count). The number of aromatic nitrogens is 2. The van der Waals surface area contributed by atoms with Crippen LogP contribution in [-0.2, 0) is 20.4 Å². The van der Waals surface area contributed by atoms with Crippen LogP contribution >= 0.6 is 11.6 Å². The number of amides is 1. The van der Waals surface area contributed by atoms with Gasteiger partial charge in [0.1, 0.15) is 11.4 Å². The summed E-state index contributed by atoms with van der Waals surface area (Å²) in [5.41, 5.74) is 2.78. The minimum absolute atomic E-state index is 0.0179. The number of hydrogen-bond acceptors (Lipinski definition) is 6. The van der Waals surface area contributed by atoms with Crippen molar-refractivity contribution < 1.29 is 17.9 Å². The first kappa shape index (κ1) is 33.2. The van der Waals surface area contributed by atoms with Crippen LogP contribution in [0.25, 0.3) is 11.0 Å². The highest BCUT2D eigenvalue weighted by Crippen LogP contribution is 2.44. The van der Waals surface area contributed by atoms with E-state index >= 15 is 0 Å². The summed E-state index contributed by atoms with van der Waals surface area (Å²) in [6.45, 7) is 7.60. The second kappa shape index (κ2) is 13.2. The summed E-state index contributed by atoms with van der Waals surface area (Å²) in [5.74, 6) is 0.783. The van der Waals surface area contributed by atoms with Gasteiger partial charge in [-0.15, -0.1) is 0 Å². The Hall–Kier alpha value is -3.28. The maximum atomic E-state index is 14.1. The third-order valence-corrected chi connectivity index (χ3v) is 12.4. The minimum atomic E-state index is -3.80. The average molecular weight is 690 g/mol. The number of rotatable bonds is 9. The lowest BCUT2D eigenvalue weighted by Gasteiger charge is -2.46. The lowest BCUT2D eigenvalue weighted by atomic mass is 9.87. The summed E-state index contributed by atoms with van der Waals surface area (Å²) in [6.07, 6.45) is 5.27. The van der Waals surface area contributed by atoms with Crippen LogP contribution in [0.3, 0.4) is 0 Å². The topological polar surface area (TPSA) is 96.8 Å². The number of para-hydroxylation sites is 2. The molecule has 0 spiro atoms. The molecule has 9 nitrogen and oxygen atoms in total. The lowest BCUT2D eigenvalue weighted by molar-refractivity contribution is -0.115. The van der Waals surface area contributed by atoms with Gasteiger partial charge in [-0.3, -0.25) is 9.69 Å². The molecule has 0 saturated carbocycles. The van der Waals surface area contributed by atoms with Gasteiger partial charge in [0.2, 0.25) is 10.0 Å². The number of hydrogen-bond donors (Lipinski definition) is 1. The number of fused-ring (bicyclic) bond motifs is 3. The maximum Gasteiger partial charge on any atom is 0.255 e. The zero-order valence-corrected chi connectivity index (χ0v) is 29.4. The Balaban J connectivity index is 1.11. The Morgan fingerprint density at radius 3 is 2.46 bits per heavy atom. The Kier molecular flexibility index (Phi) is 9.14. The molecule has 2 bridgehead atoms. The molecule has 2 unspecified atom stereocenters. The van der Waals surface area contributed by atoms with Gasteiger partial charge in [0, 0.05) is 37.3 Å². The van der Waals surface area contributed by atoms with Gasteiger partial charge in [0.05, 0.1) is 39.7 Å². The highest BCUT2D eigenvalue weighted by atomic mass is 35.5. The van der Waals surface area contributed by atoms with E-state index in [1.54, 1.807) is 18.7 Å². The van der Waals surface area contributed by atoms with Crippen LogP contribution in [-0.4, -0.2) is 78.0 Å². The lowest BCUT2D eigenvalue weighted by Crippen LogP contribution is -2.54. The summed E-state index contributed by atoms with van der Waals surface area (Å²) in [5, 5.41) is 0.223. The SMILES string of the molecule is Cc1nc2ccccc2n1C1C[C@H]2CC[C@@H](C1)N2CCC1(c2ccccc2)CN(C(=O)c2cc(S(=O)(=O)NC(C)C)ccc2Cl)CCO1. The first-order valence-corrected chi connectivity index (χ1v) is 18.9. The summed E-state index contributed by atoms with van der Waals surface area (Å²) in [6, 6.07) is 24.0. The van der Waals surface area contributed by atoms with Crippen LogP contribution in [0.2, 0.25) is 5.02 Å². The van der Waals surface area contributed by atoms with E-state index in [-0.39, 0.29) is 27.4 Å². The number of halogens is 1. The first-order valence-electron chi connectivity index (χ1n) is 17.0. The number of aryl methyl sites for hydroxylation is 1. The van der Waals surface area contributed by atoms with Crippen molar-refractivity contribution in [2.75, 3.05) is 26.2 Å². The van der Waals surface area contributed by atoms with Gasteiger partial charge in [-0.05, 0) is 88.8 Å². The fourth-order valence-electron chi connectivity index (χ4n) is 8.31. The zero-order valence-electron chi connectivity index (χ0n) is 27.8. The van der Waals surface area contributed by atoms with Crippen molar-refractivity contribution in [1.82, 2.24) is 24.1 Å². The van der Waals surface area contributed by atoms with E-state index < -0.39 is 15.6 Å². The number of nitrogens with one attached hydrogen (secondary N) is 1. The Morgan fingerprint density at radius 2 is 1.73 bits per heavy atom. The summed E-state index contributed by atoms with van der Waals surface area (Å²) in [4.78, 5) is 23.4. The molecule has 3 aliphatic heterocycles. The van der Waals surface area contributed by atoms with Crippen molar-refractivity contribution >= 4 is 38.6 Å². The number of piperidine rings is 1. The Bertz CT molecular complexity index is 1900. The molecule has 4 atom stereocenters. The molecule has 254 valence electrons. The molecule has 3 saturated heterocycles. The quantitative estimate of drug-likeness (QED) is 0.221. The molecule has 0 aliphatic carbocycles. The van der Waals surface area contributed by atoms with Crippen LogP contribution in [0, 0.1) is 6.92 Å². The first-order chi connectivity index (χ1) is 23.0. The number of imidazole rings is 1. The number of nitrogens with zero attached hydrogens (tertiary/aromatic N) is 4. The Labute approximate surface area is 288 Å². The molecule has 1 N–H and O–H groups in total. The number of morpholine rings is 1. The van der Waals surface area contributed by atoms with E-state index in [1.165, 1.54) is 36.6 Å². The highest BCUT2D eigenvalue weighted by molar-refractivity contribution is 7.89. The molecule has 1 aromatic heterocycles. The molecule has 48 heavy (non-hydrogen) atoms. The van der Waals surface area contributed by atoms with Gasteiger partial charge in [0.25, 0.3) is 5.91 Å². The van der Waals surface area contributed by atoms with Gasteiger partial charge >= 0.3 is 0 Å². The highest BCUT2D eigenvalue weighted by Gasteiger charge is 2.45. The zero-order chi connectivity index (χ0) is 33.6. The largest absolute Gasteiger partial charge is 0.367 e. The van der Waals surface area contributed by atoms with Crippen LogP contribution in [0.1, 0.15) is 73.7 Å². The molecular formula is C37H44ClN5O4S. The molecule has 1 amide bonds. The van der Waals surface area contributed by atoms with Crippen LogP contribution in [0.5, 0.6) is 0 Å². The fourth-order valence-corrected chi connectivity index (χ4v) is 9.79. The van der Waals surface area contributed by atoms with E-state index in [0.29, 0.717) is 37.8 Å². The van der Waals surface area contributed by atoms with Crippen molar-refractivity contribution in [3.63, 3.8) is 0 Å². The minimum Gasteiger partial charge on any atom is -0.367 e. The third-order valence-electron chi connectivity index (χ3n) is 10.4. The standard InChI is InChI=1S/C37H44ClN5O4S/c1-25(2)40-48(45,46)31-15-16-33(38)32(23-31)36(44)41-19-20-47-37(24-41,27-9-5-4-6-10-27)17-18-42-28-13-14-29(42)22-30(21-28)43-26(3)39-34-11-7-8-12-35(34)43/h4-12,15-16,23,25,28-30,40H,13-14,17-22,24H2,1-3H3/t28-,29+,30?,37?. The van der Waals surface area contributed by atoms with E-state index in [9.17, 15) is 13.2 Å². The van der Waals surface area contributed by atoms with Crippen molar-refractivity contribution in [3.05, 3.63) is 94.8 Å². The van der Waals surface area contributed by atoms with E-state index in [0.717, 1.165) is 42.7 Å². The summed E-state index contributed by atoms with van der Waals surface area (Å²) < 4.78 is 37.6. The average Bonchev–Trinajstić information content (AvgIpc) is 3.53. The Morgan fingerprint density at radius 1 is 1.02 bits per heavy atom. The van der Waals surface area contributed by atoms with Gasteiger partial charge in [0.15, 0.2) is 0 Å². The third kappa shape index (κ3) is 6.29. The van der Waals surface area contributed by atoms with Gasteiger partial charge in [-0.1, -0.05) is 54.1 Å². The molecule has 3 aliphatic rings. The number of carbonyl (C=O) groups excluding carboxylic acids is 1. The van der Waals surface area contributed by atoms with Crippen molar-refractivity contribution in [2.24, 2.45) is 0 Å². The normalized spacial score (nSPS) is 24.9. The molecule has 4 heterocycles. The van der Waals surface area contributed by atoms with Crippen molar-refractivity contribution in [3.8, 4) is 0 Å². The molecule has 3 aromatic carbocycles. The molecular weight excluding hydrogens is 646 g/mol. The fraction of sp³-hybridized carbons (Fsp3) is 0.459. The molecule has 3 fully saturated rings. The van der Waals surface area contributed by atoms with E-state index in [1.807, 2.05) is 18.2 Å². The summed E-state index contributed by atoms with van der Waals surface area (Å²) >= 11 is 6.54. The second-order valence-corrected chi connectivity index (χ2v) is 16.0. The van der Waals surface area contributed by atoms with Gasteiger partial charge < -0.3 is 14.2 Å². The molecule has 0 radical (unpaired) electrons. The van der Waals surface area contributed by atoms with Crippen LogP contribution < -0.4 is 4.72 Å². The number of benzene rings is 3. The number of ether oxygens (including phenoxy) is 1. The predicted molar refractivity (Wildman–Crippen MR) is 188 cm³/mol. The van der Waals surface area contributed by atoms with Crippen molar-refractivity contribution in [1.29, 1.82) is 0 Å². The maximum absolute atomic E-state index is 14.1. The monoisotopic (exact) mass is 689 g/mol. The van der Waals surface area contributed by atoms with Crippen molar-refractivity contribution in [2.45, 2.75) is 87.5 Å². The van der Waals surface area contributed by atoms with Gasteiger partial charge in [-0.2, -0.15) is 0 Å². The molecule has 11 heteroatoms.